The molecular formula is C26H34N4O2. The number of carbonyl (C=O) groups excluding carboxylic acids is 1. The van der Waals surface area contributed by atoms with Crippen LogP contribution in [-0.2, 0) is 11.2 Å². The number of benzene rings is 2. The molecule has 1 aromatic heterocycles. The standard InChI is InChI=1S/C26H34N4O2/c1-3-29(4-2)22(18-20-10-6-5-7-11-20)19-27-25(31)21-14-16-30(17-15-21)26-28-23-12-8-9-13-24(23)32-26/h5-13,21-22H,3-4,14-19H2,1-2H3,(H,27,31). The number of hydrogen-bond donors (Lipinski definition) is 1. The van der Waals surface area contributed by atoms with Crippen molar-refractivity contribution < 1.29 is 9.21 Å². The van der Waals surface area contributed by atoms with Crippen LogP contribution in [0, 0.1) is 5.92 Å². The maximum atomic E-state index is 13.0. The van der Waals surface area contributed by atoms with Crippen LogP contribution in [0.5, 0.6) is 0 Å². The highest BCUT2D eigenvalue weighted by Gasteiger charge is 2.28. The summed E-state index contributed by atoms with van der Waals surface area (Å²) in [5.74, 6) is 0.220. The summed E-state index contributed by atoms with van der Waals surface area (Å²) in [5.41, 5.74) is 3.00. The normalized spacial score (nSPS) is 15.9. The van der Waals surface area contributed by atoms with E-state index in [1.807, 2.05) is 30.3 Å². The van der Waals surface area contributed by atoms with Crippen molar-refractivity contribution in [2.45, 2.75) is 39.2 Å². The summed E-state index contributed by atoms with van der Waals surface area (Å²) in [4.78, 5) is 22.1. The number of piperidine rings is 1. The molecule has 0 radical (unpaired) electrons. The summed E-state index contributed by atoms with van der Waals surface area (Å²) < 4.78 is 5.90. The molecule has 1 aliphatic rings. The Hall–Kier alpha value is -2.86. The second-order valence-corrected chi connectivity index (χ2v) is 8.54. The summed E-state index contributed by atoms with van der Waals surface area (Å²) >= 11 is 0. The molecule has 1 saturated heterocycles. The summed E-state index contributed by atoms with van der Waals surface area (Å²) in [6, 6.07) is 19.3. The summed E-state index contributed by atoms with van der Waals surface area (Å²) in [7, 11) is 0. The molecule has 1 N–H and O–H groups in total. The van der Waals surface area contributed by atoms with Crippen molar-refractivity contribution in [2.75, 3.05) is 37.6 Å². The maximum absolute atomic E-state index is 13.0. The zero-order chi connectivity index (χ0) is 22.3. The van der Waals surface area contributed by atoms with Gasteiger partial charge in [-0.1, -0.05) is 56.3 Å². The van der Waals surface area contributed by atoms with E-state index in [0.29, 0.717) is 18.6 Å². The van der Waals surface area contributed by atoms with Gasteiger partial charge in [-0.3, -0.25) is 9.69 Å². The number of nitrogens with one attached hydrogen (secondary N) is 1. The number of nitrogens with zero attached hydrogens (tertiary/aromatic N) is 3. The quantitative estimate of drug-likeness (QED) is 0.549. The van der Waals surface area contributed by atoms with Gasteiger partial charge in [0.05, 0.1) is 0 Å². The lowest BCUT2D eigenvalue weighted by Crippen LogP contribution is -2.47. The highest BCUT2D eigenvalue weighted by atomic mass is 16.4. The molecule has 0 bridgehead atoms. The Morgan fingerprint density at radius 2 is 1.78 bits per heavy atom. The van der Waals surface area contributed by atoms with Crippen LogP contribution >= 0.6 is 0 Å². The molecule has 0 spiro atoms. The molecule has 2 aromatic carbocycles. The zero-order valence-electron chi connectivity index (χ0n) is 19.2. The summed E-state index contributed by atoms with van der Waals surface area (Å²) in [5, 5.41) is 3.26. The van der Waals surface area contributed by atoms with Crippen molar-refractivity contribution in [2.24, 2.45) is 5.92 Å². The van der Waals surface area contributed by atoms with E-state index in [4.69, 9.17) is 4.42 Å². The number of anilines is 1. The van der Waals surface area contributed by atoms with Gasteiger partial charge in [0.15, 0.2) is 5.58 Å². The number of carbonyl (C=O) groups is 1. The van der Waals surface area contributed by atoms with Gasteiger partial charge in [0.1, 0.15) is 5.52 Å². The smallest absolute Gasteiger partial charge is 0.298 e. The molecule has 1 unspecified atom stereocenters. The van der Waals surface area contributed by atoms with E-state index in [2.05, 4.69) is 58.2 Å². The number of fused-ring (bicyclic) bond motifs is 1. The Kier molecular flexibility index (Phi) is 7.43. The van der Waals surface area contributed by atoms with Crippen LogP contribution in [0.2, 0.25) is 0 Å². The molecule has 1 aliphatic heterocycles. The number of oxazole rings is 1. The van der Waals surface area contributed by atoms with Crippen molar-refractivity contribution in [3.8, 4) is 0 Å². The van der Waals surface area contributed by atoms with Crippen molar-refractivity contribution >= 4 is 23.0 Å². The molecule has 4 rings (SSSR count). The van der Waals surface area contributed by atoms with Crippen LogP contribution < -0.4 is 10.2 Å². The van der Waals surface area contributed by atoms with Crippen LogP contribution in [0.25, 0.3) is 11.1 Å². The molecule has 2 heterocycles. The predicted molar refractivity (Wildman–Crippen MR) is 129 cm³/mol. The molecular weight excluding hydrogens is 400 g/mol. The molecule has 1 atom stereocenters. The highest BCUT2D eigenvalue weighted by Crippen LogP contribution is 2.26. The molecule has 0 aliphatic carbocycles. The lowest BCUT2D eigenvalue weighted by atomic mass is 9.96. The van der Waals surface area contributed by atoms with E-state index < -0.39 is 0 Å². The average Bonchev–Trinajstić information content (AvgIpc) is 3.28. The Balaban J connectivity index is 1.31. The van der Waals surface area contributed by atoms with E-state index in [1.165, 1.54) is 5.56 Å². The van der Waals surface area contributed by atoms with Gasteiger partial charge in [-0.25, -0.2) is 0 Å². The van der Waals surface area contributed by atoms with Crippen molar-refractivity contribution in [1.82, 2.24) is 15.2 Å². The number of aromatic nitrogens is 1. The molecule has 1 fully saturated rings. The monoisotopic (exact) mass is 434 g/mol. The van der Waals surface area contributed by atoms with Gasteiger partial charge in [0.25, 0.3) is 6.01 Å². The Morgan fingerprint density at radius 3 is 2.47 bits per heavy atom. The van der Waals surface area contributed by atoms with Gasteiger partial charge in [-0.15, -0.1) is 0 Å². The van der Waals surface area contributed by atoms with Gasteiger partial charge in [0, 0.05) is 31.6 Å². The highest BCUT2D eigenvalue weighted by molar-refractivity contribution is 5.79. The van der Waals surface area contributed by atoms with Crippen LogP contribution in [0.4, 0.5) is 6.01 Å². The van der Waals surface area contributed by atoms with Gasteiger partial charge in [-0.05, 0) is 50.0 Å². The SMILES string of the molecule is CCN(CC)C(CNC(=O)C1CCN(c2nc3ccccc3o2)CC1)Cc1ccccc1. The Morgan fingerprint density at radius 1 is 1.09 bits per heavy atom. The number of likely N-dealkylation sites (N-methyl/N-ethyl adjacent to an activating group) is 1. The average molecular weight is 435 g/mol. The fourth-order valence-corrected chi connectivity index (χ4v) is 4.65. The predicted octanol–water partition coefficient (Wildman–Crippen LogP) is 4.11. The summed E-state index contributed by atoms with van der Waals surface area (Å²) in [6.45, 7) is 8.58. The van der Waals surface area contributed by atoms with Gasteiger partial charge < -0.3 is 14.6 Å². The largest absolute Gasteiger partial charge is 0.423 e. The molecule has 3 aromatic rings. The van der Waals surface area contributed by atoms with Gasteiger partial charge in [0.2, 0.25) is 5.91 Å². The second-order valence-electron chi connectivity index (χ2n) is 8.54. The third kappa shape index (κ3) is 5.30. The molecule has 0 saturated carbocycles. The lowest BCUT2D eigenvalue weighted by Gasteiger charge is -2.32. The third-order valence-corrected chi connectivity index (χ3v) is 6.57. The van der Waals surface area contributed by atoms with Gasteiger partial charge in [-0.2, -0.15) is 4.98 Å². The first-order valence-corrected chi connectivity index (χ1v) is 11.8. The Bertz CT molecular complexity index is 958. The van der Waals surface area contributed by atoms with Crippen molar-refractivity contribution in [3.05, 3.63) is 60.2 Å². The second kappa shape index (κ2) is 10.6. The topological polar surface area (TPSA) is 61.6 Å². The number of hydrogen-bond acceptors (Lipinski definition) is 5. The minimum absolute atomic E-state index is 0.0460. The van der Waals surface area contributed by atoms with Crippen molar-refractivity contribution in [3.63, 3.8) is 0 Å². The first-order chi connectivity index (χ1) is 15.7. The fraction of sp³-hybridized carbons (Fsp3) is 0.462. The first-order valence-electron chi connectivity index (χ1n) is 11.8. The van der Waals surface area contributed by atoms with E-state index in [0.717, 1.165) is 56.5 Å². The van der Waals surface area contributed by atoms with E-state index in [1.54, 1.807) is 0 Å². The number of rotatable bonds is 9. The summed E-state index contributed by atoms with van der Waals surface area (Å²) in [6.07, 6.45) is 2.58. The third-order valence-electron chi connectivity index (χ3n) is 6.57. The molecule has 1 amide bonds. The zero-order valence-corrected chi connectivity index (χ0v) is 19.2. The maximum Gasteiger partial charge on any atom is 0.298 e. The van der Waals surface area contributed by atoms with Crippen LogP contribution in [0.15, 0.2) is 59.0 Å². The molecule has 6 nitrogen and oxygen atoms in total. The van der Waals surface area contributed by atoms with Crippen LogP contribution in [0.1, 0.15) is 32.3 Å². The van der Waals surface area contributed by atoms with Crippen LogP contribution in [-0.4, -0.2) is 54.6 Å². The minimum Gasteiger partial charge on any atom is -0.423 e. The van der Waals surface area contributed by atoms with Crippen LogP contribution in [0.3, 0.4) is 0 Å². The van der Waals surface area contributed by atoms with E-state index >= 15 is 0 Å². The molecule has 6 heteroatoms. The molecule has 170 valence electrons. The number of para-hydroxylation sites is 2. The Labute approximate surface area is 190 Å². The van der Waals surface area contributed by atoms with Gasteiger partial charge >= 0.3 is 0 Å². The number of amides is 1. The minimum atomic E-state index is 0.0460. The first kappa shape index (κ1) is 22.3. The molecule has 32 heavy (non-hydrogen) atoms. The van der Waals surface area contributed by atoms with E-state index in [-0.39, 0.29) is 11.8 Å². The fourth-order valence-electron chi connectivity index (χ4n) is 4.65. The lowest BCUT2D eigenvalue weighted by molar-refractivity contribution is -0.125. The van der Waals surface area contributed by atoms with E-state index in [9.17, 15) is 4.79 Å². The van der Waals surface area contributed by atoms with Crippen molar-refractivity contribution in [1.29, 1.82) is 0 Å².